The van der Waals surface area contributed by atoms with E-state index in [0.717, 1.165) is 6.54 Å². The first kappa shape index (κ1) is 12.9. The van der Waals surface area contributed by atoms with Gasteiger partial charge >= 0.3 is 0 Å². The summed E-state index contributed by atoms with van der Waals surface area (Å²) < 4.78 is 2.03. The lowest BCUT2D eigenvalue weighted by molar-refractivity contribution is 0.171. The summed E-state index contributed by atoms with van der Waals surface area (Å²) in [5, 5.41) is 13.2. The second-order valence-corrected chi connectivity index (χ2v) is 4.66. The Bertz CT molecular complexity index is 464. The Hall–Kier alpha value is -1.58. The van der Waals surface area contributed by atoms with Crippen LogP contribution < -0.4 is 5.32 Å². The van der Waals surface area contributed by atoms with E-state index in [4.69, 9.17) is 0 Å². The Kier molecular flexibility index (Phi) is 4.56. The monoisotopic (exact) mass is 244 g/mol. The number of aliphatic hydroxyl groups is 1. The van der Waals surface area contributed by atoms with Gasteiger partial charge in [0.1, 0.15) is 0 Å². The molecular formula is C15H20N2O. The van der Waals surface area contributed by atoms with Gasteiger partial charge in [-0.3, -0.25) is 0 Å². The van der Waals surface area contributed by atoms with Crippen molar-refractivity contribution in [1.29, 1.82) is 0 Å². The number of aromatic nitrogens is 1. The molecule has 0 amide bonds. The van der Waals surface area contributed by atoms with Crippen LogP contribution in [0.15, 0.2) is 48.8 Å². The second kappa shape index (κ2) is 6.38. The predicted molar refractivity (Wildman–Crippen MR) is 73.3 cm³/mol. The van der Waals surface area contributed by atoms with Crippen LogP contribution in [0, 0.1) is 0 Å². The van der Waals surface area contributed by atoms with Crippen LogP contribution >= 0.6 is 0 Å². The van der Waals surface area contributed by atoms with E-state index in [1.807, 2.05) is 48.1 Å². The highest BCUT2D eigenvalue weighted by atomic mass is 16.3. The summed E-state index contributed by atoms with van der Waals surface area (Å²) in [5.74, 6) is 0. The van der Waals surface area contributed by atoms with Crippen LogP contribution in [0.25, 0.3) is 0 Å². The molecule has 2 aromatic rings. The lowest BCUT2D eigenvalue weighted by Gasteiger charge is -2.11. The van der Waals surface area contributed by atoms with Gasteiger partial charge in [0.25, 0.3) is 0 Å². The zero-order valence-electron chi connectivity index (χ0n) is 10.7. The van der Waals surface area contributed by atoms with Gasteiger partial charge in [-0.05, 0) is 23.6 Å². The molecule has 0 bridgehead atoms. The number of nitrogens with zero attached hydrogens (tertiary/aromatic N) is 1. The van der Waals surface area contributed by atoms with Crippen molar-refractivity contribution in [3.8, 4) is 0 Å². The van der Waals surface area contributed by atoms with E-state index in [2.05, 4.69) is 17.6 Å². The number of nitrogens with one attached hydrogen (secondary N) is 1. The van der Waals surface area contributed by atoms with Crippen molar-refractivity contribution in [2.24, 2.45) is 7.05 Å². The first-order chi connectivity index (χ1) is 8.74. The highest BCUT2D eigenvalue weighted by Gasteiger charge is 2.04. The van der Waals surface area contributed by atoms with Gasteiger partial charge < -0.3 is 15.0 Å². The largest absolute Gasteiger partial charge is 0.391 e. The van der Waals surface area contributed by atoms with E-state index in [1.165, 1.54) is 11.1 Å². The second-order valence-electron chi connectivity index (χ2n) is 4.66. The molecular weight excluding hydrogens is 224 g/mol. The smallest absolute Gasteiger partial charge is 0.0704 e. The van der Waals surface area contributed by atoms with Crippen molar-refractivity contribution >= 4 is 0 Å². The van der Waals surface area contributed by atoms with Crippen molar-refractivity contribution < 1.29 is 5.11 Å². The number of aliphatic hydroxyl groups excluding tert-OH is 1. The van der Waals surface area contributed by atoms with E-state index in [1.54, 1.807) is 0 Å². The van der Waals surface area contributed by atoms with E-state index < -0.39 is 0 Å². The maximum Gasteiger partial charge on any atom is 0.0704 e. The summed E-state index contributed by atoms with van der Waals surface area (Å²) in [7, 11) is 2.01. The Morgan fingerprint density at radius 3 is 2.61 bits per heavy atom. The molecule has 3 nitrogen and oxygen atoms in total. The average Bonchev–Trinajstić information content (AvgIpc) is 2.76. The highest BCUT2D eigenvalue weighted by Crippen LogP contribution is 2.03. The van der Waals surface area contributed by atoms with Crippen molar-refractivity contribution in [3.05, 3.63) is 59.9 Å². The van der Waals surface area contributed by atoms with Crippen molar-refractivity contribution in [2.75, 3.05) is 6.54 Å². The Labute approximate surface area is 108 Å². The summed E-state index contributed by atoms with van der Waals surface area (Å²) in [6, 6.07) is 12.2. The molecule has 0 aliphatic heterocycles. The molecule has 1 unspecified atom stereocenters. The Balaban J connectivity index is 1.70. The molecule has 0 saturated carbocycles. The number of hydrogen-bond donors (Lipinski definition) is 2. The van der Waals surface area contributed by atoms with Gasteiger partial charge in [-0.25, -0.2) is 0 Å². The van der Waals surface area contributed by atoms with Crippen LogP contribution in [0.5, 0.6) is 0 Å². The zero-order chi connectivity index (χ0) is 12.8. The molecule has 0 fully saturated rings. The molecule has 2 N–H and O–H groups in total. The number of benzene rings is 1. The van der Waals surface area contributed by atoms with E-state index in [-0.39, 0.29) is 6.10 Å². The summed E-state index contributed by atoms with van der Waals surface area (Å²) in [6.45, 7) is 1.41. The fourth-order valence-corrected chi connectivity index (χ4v) is 2.01. The minimum absolute atomic E-state index is 0.337. The third-order valence-electron chi connectivity index (χ3n) is 2.92. The van der Waals surface area contributed by atoms with Gasteiger partial charge in [-0.2, -0.15) is 0 Å². The van der Waals surface area contributed by atoms with Crippen molar-refractivity contribution in [2.45, 2.75) is 19.1 Å². The molecule has 0 aliphatic carbocycles. The number of aryl methyl sites for hydroxylation is 1. The number of hydrogen-bond acceptors (Lipinski definition) is 2. The van der Waals surface area contributed by atoms with Crippen molar-refractivity contribution in [3.63, 3.8) is 0 Å². The van der Waals surface area contributed by atoms with Gasteiger partial charge in [0.05, 0.1) is 6.10 Å². The SMILES string of the molecule is Cn1ccc(CNCC(O)Cc2ccccc2)c1. The van der Waals surface area contributed by atoms with Crippen LogP contribution in [0.2, 0.25) is 0 Å². The van der Waals surface area contributed by atoms with Crippen molar-refractivity contribution in [1.82, 2.24) is 9.88 Å². The summed E-state index contributed by atoms with van der Waals surface area (Å²) in [6.07, 6.45) is 4.47. The first-order valence-electron chi connectivity index (χ1n) is 6.27. The molecule has 1 aromatic heterocycles. The molecule has 1 heterocycles. The third-order valence-corrected chi connectivity index (χ3v) is 2.92. The van der Waals surface area contributed by atoms with Gasteiger partial charge in [0, 0.05) is 32.5 Å². The predicted octanol–water partition coefficient (Wildman–Crippen LogP) is 1.72. The van der Waals surface area contributed by atoms with Gasteiger partial charge in [0.2, 0.25) is 0 Å². The quantitative estimate of drug-likeness (QED) is 0.812. The molecule has 0 spiro atoms. The van der Waals surface area contributed by atoms with E-state index >= 15 is 0 Å². The van der Waals surface area contributed by atoms with Crippen LogP contribution in [-0.2, 0) is 20.0 Å². The maximum absolute atomic E-state index is 9.92. The third kappa shape index (κ3) is 4.02. The molecule has 96 valence electrons. The molecule has 3 heteroatoms. The van der Waals surface area contributed by atoms with Crippen LogP contribution in [0.1, 0.15) is 11.1 Å². The summed E-state index contributed by atoms with van der Waals surface area (Å²) in [5.41, 5.74) is 2.41. The summed E-state index contributed by atoms with van der Waals surface area (Å²) in [4.78, 5) is 0. The minimum atomic E-state index is -0.337. The van der Waals surface area contributed by atoms with Gasteiger partial charge in [-0.1, -0.05) is 30.3 Å². The normalized spacial score (nSPS) is 12.6. The molecule has 0 radical (unpaired) electrons. The highest BCUT2D eigenvalue weighted by molar-refractivity contribution is 5.15. The fraction of sp³-hybridized carbons (Fsp3) is 0.333. The zero-order valence-corrected chi connectivity index (χ0v) is 10.7. The number of rotatable bonds is 6. The van der Waals surface area contributed by atoms with Gasteiger partial charge in [0.15, 0.2) is 0 Å². The first-order valence-corrected chi connectivity index (χ1v) is 6.27. The lowest BCUT2D eigenvalue weighted by Crippen LogP contribution is -2.27. The molecule has 18 heavy (non-hydrogen) atoms. The molecule has 1 atom stereocenters. The van der Waals surface area contributed by atoms with Crippen LogP contribution in [-0.4, -0.2) is 22.3 Å². The minimum Gasteiger partial charge on any atom is -0.391 e. The van der Waals surface area contributed by atoms with Crippen LogP contribution in [0.4, 0.5) is 0 Å². The van der Waals surface area contributed by atoms with Crippen LogP contribution in [0.3, 0.4) is 0 Å². The fourth-order valence-electron chi connectivity index (χ4n) is 2.01. The topological polar surface area (TPSA) is 37.2 Å². The van der Waals surface area contributed by atoms with E-state index in [0.29, 0.717) is 13.0 Å². The Morgan fingerprint density at radius 2 is 1.94 bits per heavy atom. The maximum atomic E-state index is 9.92. The average molecular weight is 244 g/mol. The summed E-state index contributed by atoms with van der Waals surface area (Å²) >= 11 is 0. The van der Waals surface area contributed by atoms with E-state index in [9.17, 15) is 5.11 Å². The molecule has 1 aromatic carbocycles. The molecule has 0 aliphatic rings. The lowest BCUT2D eigenvalue weighted by atomic mass is 10.1. The molecule has 2 rings (SSSR count). The molecule has 0 saturated heterocycles. The standard InChI is InChI=1S/C15H20N2O/c1-17-8-7-14(12-17)10-16-11-15(18)9-13-5-3-2-4-6-13/h2-8,12,15-16,18H,9-11H2,1H3. The Morgan fingerprint density at radius 1 is 1.17 bits per heavy atom. The van der Waals surface area contributed by atoms with Gasteiger partial charge in [-0.15, -0.1) is 0 Å².